The van der Waals surface area contributed by atoms with Crippen LogP contribution in [0.4, 0.5) is 0 Å². The van der Waals surface area contributed by atoms with E-state index in [1.165, 1.54) is 6.92 Å². The van der Waals surface area contributed by atoms with E-state index >= 15 is 0 Å². The molecule has 0 heterocycles. The van der Waals surface area contributed by atoms with Crippen LogP contribution in [0.15, 0.2) is 0 Å². The van der Waals surface area contributed by atoms with Crippen LogP contribution in [0, 0.1) is 0 Å². The van der Waals surface area contributed by atoms with Gasteiger partial charge in [-0.25, -0.2) is 0 Å². The van der Waals surface area contributed by atoms with E-state index in [0.717, 1.165) is 34.6 Å². The summed E-state index contributed by atoms with van der Waals surface area (Å²) in [6, 6.07) is 0. The molecule has 0 bridgehead atoms. The van der Waals surface area contributed by atoms with Crippen LogP contribution in [0.3, 0.4) is 0 Å². The molecule has 0 fully saturated rings. The van der Waals surface area contributed by atoms with Gasteiger partial charge in [-0.05, 0) is 0 Å². The molecule has 0 rings (SSSR count). The SMILES string of the molecule is CCC[CH2][Sn]([CH2]CCC)[O]C(=O)CC(C)=O. The van der Waals surface area contributed by atoms with Gasteiger partial charge in [-0.15, -0.1) is 0 Å². The third kappa shape index (κ3) is 9.19. The fourth-order valence-corrected chi connectivity index (χ4v) is 8.07. The van der Waals surface area contributed by atoms with Gasteiger partial charge in [0, 0.05) is 0 Å². The van der Waals surface area contributed by atoms with E-state index in [9.17, 15) is 9.59 Å². The van der Waals surface area contributed by atoms with Crippen LogP contribution in [0.25, 0.3) is 0 Å². The monoisotopic (exact) mass is 335 g/mol. The summed E-state index contributed by atoms with van der Waals surface area (Å²) >= 11 is -1.97. The summed E-state index contributed by atoms with van der Waals surface area (Å²) in [7, 11) is 0. The molecule has 1 radical (unpaired) electrons. The fourth-order valence-electron chi connectivity index (χ4n) is 1.38. The number of Topliss-reactive ketones (excluding diaryl/α,β-unsaturated/α-hetero) is 1. The molecule has 3 nitrogen and oxygen atoms in total. The van der Waals surface area contributed by atoms with E-state index in [1.54, 1.807) is 0 Å². The van der Waals surface area contributed by atoms with Gasteiger partial charge in [-0.3, -0.25) is 0 Å². The van der Waals surface area contributed by atoms with Crippen molar-refractivity contribution in [2.45, 2.75) is 61.7 Å². The Hall–Kier alpha value is -0.0613. The third-order valence-electron chi connectivity index (χ3n) is 2.27. The summed E-state index contributed by atoms with van der Waals surface area (Å²) in [5.41, 5.74) is 0. The molecule has 16 heavy (non-hydrogen) atoms. The van der Waals surface area contributed by atoms with Crippen LogP contribution in [-0.4, -0.2) is 31.9 Å². The summed E-state index contributed by atoms with van der Waals surface area (Å²) in [4.78, 5) is 22.2. The molecule has 0 aliphatic carbocycles. The number of ketones is 1. The van der Waals surface area contributed by atoms with Gasteiger partial charge < -0.3 is 0 Å². The van der Waals surface area contributed by atoms with E-state index in [1.807, 2.05) is 0 Å². The molecule has 0 unspecified atom stereocenters. The summed E-state index contributed by atoms with van der Waals surface area (Å²) in [6.07, 6.45) is 4.58. The van der Waals surface area contributed by atoms with Crippen molar-refractivity contribution in [2.75, 3.05) is 0 Å². The van der Waals surface area contributed by atoms with Crippen molar-refractivity contribution >= 4 is 31.9 Å². The first-order chi connectivity index (χ1) is 7.60. The number of unbranched alkanes of at least 4 members (excludes halogenated alkanes) is 2. The molecule has 0 spiro atoms. The summed E-state index contributed by atoms with van der Waals surface area (Å²) in [5, 5.41) is 0. The molecule has 0 amide bonds. The topological polar surface area (TPSA) is 43.4 Å². The second-order valence-electron chi connectivity index (χ2n) is 4.10. The standard InChI is InChI=1S/C4H6O3.2C4H9.Sn/c1-3(5)2-4(6)7;2*1-3-4-2;/h2H2,1H3,(H,6,7);2*1,3-4H2,2H3;/q;;;+1/p-1. The van der Waals surface area contributed by atoms with Gasteiger partial charge in [-0.2, -0.15) is 0 Å². The van der Waals surface area contributed by atoms with Gasteiger partial charge in [0.25, 0.3) is 0 Å². The second kappa shape index (κ2) is 10.1. The number of hydrogen-bond acceptors (Lipinski definition) is 3. The molecule has 0 aromatic carbocycles. The predicted molar refractivity (Wildman–Crippen MR) is 66.6 cm³/mol. The first-order valence-electron chi connectivity index (χ1n) is 6.14. The molecule has 4 heteroatoms. The molecule has 0 aromatic heterocycles. The van der Waals surface area contributed by atoms with Crippen molar-refractivity contribution in [3.05, 3.63) is 0 Å². The number of carbonyl (C=O) groups is 2. The van der Waals surface area contributed by atoms with Crippen molar-refractivity contribution in [3.63, 3.8) is 0 Å². The third-order valence-corrected chi connectivity index (χ3v) is 8.94. The Morgan fingerprint density at radius 2 is 1.56 bits per heavy atom. The summed E-state index contributed by atoms with van der Waals surface area (Å²) in [6.45, 7) is 5.73. The Kier molecular flexibility index (Phi) is 10.1. The van der Waals surface area contributed by atoms with E-state index in [2.05, 4.69) is 13.8 Å². The molecule has 0 aromatic rings. The maximum absolute atomic E-state index is 11.4. The first-order valence-corrected chi connectivity index (χ1v) is 11.3. The number of rotatable bonds is 9. The average Bonchev–Trinajstić information content (AvgIpc) is 2.20. The van der Waals surface area contributed by atoms with Crippen molar-refractivity contribution in [1.82, 2.24) is 0 Å². The Morgan fingerprint density at radius 1 is 1.06 bits per heavy atom. The van der Waals surface area contributed by atoms with Crippen LogP contribution in [0.5, 0.6) is 0 Å². The van der Waals surface area contributed by atoms with Crippen molar-refractivity contribution < 1.29 is 12.7 Å². The van der Waals surface area contributed by atoms with Crippen LogP contribution >= 0.6 is 0 Å². The second-order valence-corrected chi connectivity index (χ2v) is 10.6. The molecule has 0 aliphatic heterocycles. The van der Waals surface area contributed by atoms with E-state index in [0.29, 0.717) is 0 Å². The zero-order chi connectivity index (χ0) is 12.4. The Balaban J connectivity index is 3.97. The molecular formula is C12H23O3Sn. The molecule has 0 N–H and O–H groups in total. The van der Waals surface area contributed by atoms with Gasteiger partial charge in [0.15, 0.2) is 0 Å². The van der Waals surface area contributed by atoms with Gasteiger partial charge in [0.2, 0.25) is 0 Å². The number of hydrogen-bond donors (Lipinski definition) is 0. The predicted octanol–water partition coefficient (Wildman–Crippen LogP) is 3.10. The molecule has 0 saturated heterocycles. The van der Waals surface area contributed by atoms with Gasteiger partial charge in [0.05, 0.1) is 0 Å². The van der Waals surface area contributed by atoms with Crippen LogP contribution < -0.4 is 0 Å². The minimum absolute atomic E-state index is 0.0394. The quantitative estimate of drug-likeness (QED) is 0.481. The molecule has 93 valence electrons. The normalized spacial score (nSPS) is 10.5. The molecule has 0 saturated carbocycles. The van der Waals surface area contributed by atoms with E-state index in [-0.39, 0.29) is 18.2 Å². The zero-order valence-corrected chi connectivity index (χ0v) is 13.5. The molecule has 0 aliphatic rings. The van der Waals surface area contributed by atoms with E-state index < -0.39 is 20.2 Å². The molecule has 0 atom stereocenters. The van der Waals surface area contributed by atoms with Gasteiger partial charge in [0.1, 0.15) is 0 Å². The zero-order valence-electron chi connectivity index (χ0n) is 10.7. The summed E-state index contributed by atoms with van der Waals surface area (Å²) < 4.78 is 7.73. The van der Waals surface area contributed by atoms with Crippen molar-refractivity contribution in [3.8, 4) is 0 Å². The Morgan fingerprint density at radius 3 is 1.94 bits per heavy atom. The minimum atomic E-state index is -1.97. The molecular weight excluding hydrogens is 311 g/mol. The first kappa shape index (κ1) is 15.9. The number of carbonyl (C=O) groups excluding carboxylic acids is 2. The van der Waals surface area contributed by atoms with Crippen LogP contribution in [0.2, 0.25) is 8.87 Å². The van der Waals surface area contributed by atoms with Crippen molar-refractivity contribution in [2.24, 2.45) is 0 Å². The van der Waals surface area contributed by atoms with Crippen molar-refractivity contribution in [1.29, 1.82) is 0 Å². The van der Waals surface area contributed by atoms with Crippen LogP contribution in [0.1, 0.15) is 52.9 Å². The maximum atomic E-state index is 11.4. The van der Waals surface area contributed by atoms with Gasteiger partial charge >= 0.3 is 106 Å². The summed E-state index contributed by atoms with van der Waals surface area (Å²) in [5.74, 6) is -0.382. The Bertz CT molecular complexity index is 208. The van der Waals surface area contributed by atoms with Crippen LogP contribution in [-0.2, 0) is 12.7 Å². The average molecular weight is 334 g/mol. The fraction of sp³-hybridized carbons (Fsp3) is 0.833. The van der Waals surface area contributed by atoms with Gasteiger partial charge in [-0.1, -0.05) is 0 Å². The Labute approximate surface area is 106 Å². The van der Waals surface area contributed by atoms with E-state index in [4.69, 9.17) is 3.07 Å².